The summed E-state index contributed by atoms with van der Waals surface area (Å²) in [6.45, 7) is 2.09. The second kappa shape index (κ2) is 9.24. The molecule has 124 valence electrons. The molecule has 2 aromatic rings. The van der Waals surface area contributed by atoms with E-state index in [9.17, 15) is 4.79 Å². The van der Waals surface area contributed by atoms with E-state index >= 15 is 0 Å². The molecule has 0 radical (unpaired) electrons. The van der Waals surface area contributed by atoms with Crippen LogP contribution in [0.5, 0.6) is 5.75 Å². The van der Waals surface area contributed by atoms with Gasteiger partial charge < -0.3 is 4.74 Å². The van der Waals surface area contributed by atoms with Crippen LogP contribution in [0.3, 0.4) is 0 Å². The topological polar surface area (TPSA) is 58.6 Å². The third kappa shape index (κ3) is 5.20. The maximum Gasteiger partial charge on any atom is 0.261 e. The number of hydrogen-bond donors (Lipinski definition) is 2. The zero-order chi connectivity index (χ0) is 17.4. The van der Waals surface area contributed by atoms with E-state index in [1.807, 2.05) is 24.3 Å². The summed E-state index contributed by atoms with van der Waals surface area (Å²) in [4.78, 5) is 12.9. The minimum atomic E-state index is -0.619. The van der Waals surface area contributed by atoms with Crippen molar-refractivity contribution in [2.75, 3.05) is 6.61 Å². The van der Waals surface area contributed by atoms with Gasteiger partial charge in [0, 0.05) is 9.92 Å². The van der Waals surface area contributed by atoms with Crippen LogP contribution in [0, 0.1) is 11.8 Å². The number of carbonyl (C=O) groups is 1. The van der Waals surface area contributed by atoms with E-state index in [0.717, 1.165) is 4.90 Å². The molecule has 1 unspecified atom stereocenters. The summed E-state index contributed by atoms with van der Waals surface area (Å²) in [5.41, 5.74) is 2.41. The highest BCUT2D eigenvalue weighted by molar-refractivity contribution is 8.00. The van der Waals surface area contributed by atoms with Crippen molar-refractivity contribution in [3.63, 3.8) is 0 Å². The number of rotatable bonds is 6. The van der Waals surface area contributed by atoms with E-state index in [-0.39, 0.29) is 0 Å². The van der Waals surface area contributed by atoms with Crippen LogP contribution in [0.15, 0.2) is 53.4 Å². The Morgan fingerprint density at radius 3 is 2.71 bits per heavy atom. The largest absolute Gasteiger partial charge is 0.481 e. The van der Waals surface area contributed by atoms with Gasteiger partial charge in [0.05, 0.1) is 0 Å². The Balaban J connectivity index is 2.14. The van der Waals surface area contributed by atoms with Crippen molar-refractivity contribution in [1.82, 2.24) is 5.48 Å². The zero-order valence-electron chi connectivity index (χ0n) is 13.0. The quantitative estimate of drug-likeness (QED) is 0.352. The highest BCUT2D eigenvalue weighted by Gasteiger charge is 2.22. The maximum absolute atomic E-state index is 12.0. The van der Waals surface area contributed by atoms with Crippen molar-refractivity contribution in [2.45, 2.75) is 17.1 Å². The summed E-state index contributed by atoms with van der Waals surface area (Å²) in [5.74, 6) is 5.77. The van der Waals surface area contributed by atoms with Gasteiger partial charge in [0.25, 0.3) is 5.91 Å². The first-order valence-corrected chi connectivity index (χ1v) is 8.38. The van der Waals surface area contributed by atoms with Crippen LogP contribution in [0.1, 0.15) is 17.7 Å². The van der Waals surface area contributed by atoms with Gasteiger partial charge in [-0.25, -0.2) is 5.48 Å². The van der Waals surface area contributed by atoms with E-state index in [1.54, 1.807) is 36.7 Å². The summed E-state index contributed by atoms with van der Waals surface area (Å²) in [5, 5.41) is 8.91. The number of thioether (sulfide) groups is 1. The average Bonchev–Trinajstić information content (AvgIpc) is 2.60. The average molecular weight is 362 g/mol. The van der Waals surface area contributed by atoms with Crippen LogP contribution in [0.2, 0.25) is 5.02 Å². The Morgan fingerprint density at radius 1 is 1.33 bits per heavy atom. The lowest BCUT2D eigenvalue weighted by Crippen LogP contribution is -2.24. The lowest BCUT2D eigenvalue weighted by atomic mass is 10.1. The van der Waals surface area contributed by atoms with Gasteiger partial charge in [0.15, 0.2) is 0 Å². The van der Waals surface area contributed by atoms with Crippen molar-refractivity contribution in [1.29, 1.82) is 0 Å². The molecule has 0 fully saturated rings. The first-order valence-electron chi connectivity index (χ1n) is 7.12. The van der Waals surface area contributed by atoms with Gasteiger partial charge in [-0.2, -0.15) is 0 Å². The highest BCUT2D eigenvalue weighted by Crippen LogP contribution is 2.36. The van der Waals surface area contributed by atoms with E-state index in [1.165, 1.54) is 11.8 Å². The molecular formula is C18H16ClNO3S. The smallest absolute Gasteiger partial charge is 0.261 e. The number of amides is 1. The summed E-state index contributed by atoms with van der Waals surface area (Å²) in [6, 6.07) is 14.3. The molecule has 0 saturated carbocycles. The van der Waals surface area contributed by atoms with Gasteiger partial charge in [-0.1, -0.05) is 29.7 Å². The van der Waals surface area contributed by atoms with Crippen LogP contribution in [0.25, 0.3) is 0 Å². The van der Waals surface area contributed by atoms with Gasteiger partial charge in [-0.15, -0.1) is 17.7 Å². The van der Waals surface area contributed by atoms with Crippen molar-refractivity contribution in [2.24, 2.45) is 0 Å². The summed E-state index contributed by atoms with van der Waals surface area (Å²) in [6.07, 6.45) is 0. The monoisotopic (exact) mass is 361 g/mol. The normalized spacial score (nSPS) is 11.1. The van der Waals surface area contributed by atoms with Gasteiger partial charge >= 0.3 is 0 Å². The minimum Gasteiger partial charge on any atom is -0.481 e. The second-order valence-corrected chi connectivity index (χ2v) is 6.33. The summed E-state index contributed by atoms with van der Waals surface area (Å²) < 4.78 is 5.46. The second-order valence-electron chi connectivity index (χ2n) is 4.72. The number of hydroxylamine groups is 1. The summed E-state index contributed by atoms with van der Waals surface area (Å²) in [7, 11) is 0. The first-order chi connectivity index (χ1) is 11.6. The lowest BCUT2D eigenvalue weighted by molar-refractivity contribution is -0.128. The number of hydrogen-bond acceptors (Lipinski definition) is 4. The fourth-order valence-corrected chi connectivity index (χ4v) is 3.15. The van der Waals surface area contributed by atoms with Gasteiger partial charge in [0.2, 0.25) is 0 Å². The predicted molar refractivity (Wildman–Crippen MR) is 95.4 cm³/mol. The van der Waals surface area contributed by atoms with Crippen molar-refractivity contribution in [3.8, 4) is 17.6 Å². The molecule has 2 rings (SSSR count). The molecule has 1 amide bonds. The Kier molecular flexibility index (Phi) is 7.01. The molecule has 0 aliphatic carbocycles. The lowest BCUT2D eigenvalue weighted by Gasteiger charge is -2.15. The minimum absolute atomic E-state index is 0.334. The van der Waals surface area contributed by atoms with Crippen LogP contribution in [0.4, 0.5) is 0 Å². The van der Waals surface area contributed by atoms with Crippen LogP contribution in [-0.4, -0.2) is 17.7 Å². The number of ether oxygens (including phenoxy) is 1. The molecule has 2 aromatic carbocycles. The molecule has 0 bridgehead atoms. The Bertz CT molecular complexity index is 753. The van der Waals surface area contributed by atoms with Crippen LogP contribution < -0.4 is 10.2 Å². The Hall–Kier alpha value is -2.13. The molecule has 0 saturated heterocycles. The molecule has 4 nitrogen and oxygen atoms in total. The molecule has 0 heterocycles. The fraction of sp³-hybridized carbons (Fsp3) is 0.167. The van der Waals surface area contributed by atoms with E-state index in [0.29, 0.717) is 22.9 Å². The van der Waals surface area contributed by atoms with Crippen LogP contribution in [-0.2, 0) is 4.79 Å². The first kappa shape index (κ1) is 18.2. The van der Waals surface area contributed by atoms with E-state index in [2.05, 4.69) is 11.8 Å². The number of nitrogens with one attached hydrogen (secondary N) is 1. The molecule has 0 aliphatic heterocycles. The van der Waals surface area contributed by atoms with Gasteiger partial charge in [0.1, 0.15) is 17.6 Å². The molecule has 2 N–H and O–H groups in total. The van der Waals surface area contributed by atoms with E-state index in [4.69, 9.17) is 21.5 Å². The van der Waals surface area contributed by atoms with E-state index < -0.39 is 11.2 Å². The summed E-state index contributed by atoms with van der Waals surface area (Å²) >= 11 is 7.30. The third-order valence-corrected chi connectivity index (χ3v) is 4.57. The fourth-order valence-electron chi connectivity index (χ4n) is 1.94. The Morgan fingerprint density at radius 2 is 2.08 bits per heavy atom. The standard InChI is InChI=1S/C18H16ClNO3S/c1-2-3-11-23-15-7-9-16(10-8-15)24-17(18(21)20-22)13-5-4-6-14(19)12-13/h4-10,12,17,22H,11H2,1H3,(H,20,21). The molecule has 6 heteroatoms. The molecule has 0 aromatic heterocycles. The van der Waals surface area contributed by atoms with Gasteiger partial charge in [-0.05, 0) is 48.9 Å². The van der Waals surface area contributed by atoms with Gasteiger partial charge in [-0.3, -0.25) is 10.0 Å². The zero-order valence-corrected chi connectivity index (χ0v) is 14.5. The van der Waals surface area contributed by atoms with Crippen molar-refractivity contribution in [3.05, 3.63) is 59.1 Å². The van der Waals surface area contributed by atoms with Crippen molar-refractivity contribution < 1.29 is 14.7 Å². The molecule has 24 heavy (non-hydrogen) atoms. The molecule has 0 spiro atoms. The maximum atomic E-state index is 12.0. The van der Waals surface area contributed by atoms with Crippen LogP contribution >= 0.6 is 23.4 Å². The highest BCUT2D eigenvalue weighted by atomic mass is 35.5. The predicted octanol–water partition coefficient (Wildman–Crippen LogP) is 4.08. The number of carbonyl (C=O) groups excluding carboxylic acids is 1. The number of halogens is 1. The van der Waals surface area contributed by atoms with Crippen molar-refractivity contribution >= 4 is 29.3 Å². The molecule has 1 atom stereocenters. The molecular weight excluding hydrogens is 346 g/mol. The number of benzene rings is 2. The molecule has 0 aliphatic rings. The third-order valence-electron chi connectivity index (χ3n) is 3.07. The Labute approximate surface area is 150 Å². The SMILES string of the molecule is CC#CCOc1ccc(SC(C(=O)NO)c2cccc(Cl)c2)cc1.